The minimum Gasteiger partial charge on any atom is -0.493 e. The molecule has 0 bridgehead atoms. The normalized spacial score (nSPS) is 14.3. The molecule has 0 aromatic heterocycles. The largest absolute Gasteiger partial charge is 0.493 e. The molecule has 26 heavy (non-hydrogen) atoms. The Kier molecular flexibility index (Phi) is 5.04. The van der Waals surface area contributed by atoms with Crippen molar-refractivity contribution in [2.45, 2.75) is 12.8 Å². The van der Waals surface area contributed by atoms with Crippen molar-refractivity contribution >= 4 is 34.8 Å². The van der Waals surface area contributed by atoms with Crippen LogP contribution in [0, 0.1) is 5.41 Å². The first kappa shape index (κ1) is 18.1. The third-order valence-corrected chi connectivity index (χ3v) is 4.61. The summed E-state index contributed by atoms with van der Waals surface area (Å²) in [4.78, 5) is 25.3. The predicted molar refractivity (Wildman–Crippen MR) is 99.9 cm³/mol. The number of benzene rings is 2. The molecule has 1 aliphatic carbocycles. The highest BCUT2D eigenvalue weighted by atomic mass is 35.5. The van der Waals surface area contributed by atoms with E-state index in [1.807, 2.05) is 0 Å². The molecule has 2 amide bonds. The van der Waals surface area contributed by atoms with Gasteiger partial charge in [-0.2, -0.15) is 0 Å². The lowest BCUT2D eigenvalue weighted by molar-refractivity contribution is -0.131. The molecule has 0 radical (unpaired) electrons. The maximum atomic E-state index is 12.7. The average Bonchev–Trinajstić information content (AvgIpc) is 3.45. The lowest BCUT2D eigenvalue weighted by Gasteiger charge is -2.16. The van der Waals surface area contributed by atoms with Gasteiger partial charge in [-0.3, -0.25) is 9.59 Å². The summed E-state index contributed by atoms with van der Waals surface area (Å²) < 4.78 is 10.4. The number of halogens is 1. The summed E-state index contributed by atoms with van der Waals surface area (Å²) in [5.41, 5.74) is 0.0927. The maximum absolute atomic E-state index is 12.7. The topological polar surface area (TPSA) is 76.7 Å². The van der Waals surface area contributed by atoms with Crippen LogP contribution in [-0.4, -0.2) is 26.0 Å². The molecule has 3 rings (SSSR count). The van der Waals surface area contributed by atoms with Crippen LogP contribution in [0.5, 0.6) is 11.5 Å². The molecule has 2 aromatic rings. The summed E-state index contributed by atoms with van der Waals surface area (Å²) in [6.07, 6.45) is 1.01. The van der Waals surface area contributed by atoms with Crippen LogP contribution in [0.25, 0.3) is 0 Å². The van der Waals surface area contributed by atoms with Gasteiger partial charge in [-0.15, -0.1) is 0 Å². The second kappa shape index (κ2) is 7.25. The molecule has 0 atom stereocenters. The maximum Gasteiger partial charge on any atom is 0.240 e. The second-order valence-electron chi connectivity index (χ2n) is 6.07. The Balaban J connectivity index is 1.70. The number of rotatable bonds is 6. The number of anilines is 2. The Morgan fingerprint density at radius 2 is 1.42 bits per heavy atom. The number of amides is 2. The van der Waals surface area contributed by atoms with E-state index in [0.717, 1.165) is 0 Å². The van der Waals surface area contributed by atoms with Gasteiger partial charge < -0.3 is 20.1 Å². The predicted octanol–water partition coefficient (Wildman–Crippen LogP) is 3.71. The SMILES string of the molecule is COc1ccc(NC(=O)C2(C(=O)Nc3ccc(Cl)cc3)CC2)cc1OC. The minimum absolute atomic E-state index is 0.321. The highest BCUT2D eigenvalue weighted by molar-refractivity contribution is 6.30. The molecule has 136 valence electrons. The van der Waals surface area contributed by atoms with Crippen molar-refractivity contribution in [2.24, 2.45) is 5.41 Å². The minimum atomic E-state index is -1.05. The monoisotopic (exact) mass is 374 g/mol. The van der Waals surface area contributed by atoms with Crippen LogP contribution in [0.2, 0.25) is 5.02 Å². The van der Waals surface area contributed by atoms with Crippen LogP contribution in [0.1, 0.15) is 12.8 Å². The number of ether oxygens (including phenoxy) is 2. The van der Waals surface area contributed by atoms with Crippen LogP contribution < -0.4 is 20.1 Å². The Morgan fingerprint density at radius 1 is 0.885 bits per heavy atom. The summed E-state index contributed by atoms with van der Waals surface area (Å²) in [5.74, 6) is 0.405. The van der Waals surface area contributed by atoms with Gasteiger partial charge in [-0.25, -0.2) is 0 Å². The van der Waals surface area contributed by atoms with Crippen molar-refractivity contribution in [3.05, 3.63) is 47.5 Å². The number of hydrogen-bond donors (Lipinski definition) is 2. The average molecular weight is 375 g/mol. The van der Waals surface area contributed by atoms with Crippen LogP contribution in [0.4, 0.5) is 11.4 Å². The number of carbonyl (C=O) groups excluding carboxylic acids is 2. The van der Waals surface area contributed by atoms with Gasteiger partial charge in [0.15, 0.2) is 11.5 Å². The van der Waals surface area contributed by atoms with Crippen molar-refractivity contribution < 1.29 is 19.1 Å². The van der Waals surface area contributed by atoms with Gasteiger partial charge in [-0.05, 0) is 49.2 Å². The molecule has 7 heteroatoms. The van der Waals surface area contributed by atoms with Gasteiger partial charge in [0.05, 0.1) is 14.2 Å². The van der Waals surface area contributed by atoms with E-state index >= 15 is 0 Å². The summed E-state index contributed by atoms with van der Waals surface area (Å²) in [6, 6.07) is 11.8. The second-order valence-corrected chi connectivity index (χ2v) is 6.50. The van der Waals surface area contributed by atoms with Gasteiger partial charge >= 0.3 is 0 Å². The van der Waals surface area contributed by atoms with Crippen LogP contribution in [0.3, 0.4) is 0 Å². The fourth-order valence-corrected chi connectivity index (χ4v) is 2.76. The molecule has 2 aromatic carbocycles. The molecule has 0 aliphatic heterocycles. The van der Waals surface area contributed by atoms with Crippen molar-refractivity contribution in [1.82, 2.24) is 0 Å². The third kappa shape index (κ3) is 3.60. The third-order valence-electron chi connectivity index (χ3n) is 4.36. The van der Waals surface area contributed by atoms with Gasteiger partial charge in [0.2, 0.25) is 11.8 Å². The molecular formula is C19H19ClN2O4. The van der Waals surface area contributed by atoms with Crippen LogP contribution >= 0.6 is 11.6 Å². The highest BCUT2D eigenvalue weighted by Crippen LogP contribution is 2.47. The van der Waals surface area contributed by atoms with E-state index in [1.54, 1.807) is 42.5 Å². The summed E-state index contributed by atoms with van der Waals surface area (Å²) in [5, 5.41) is 6.15. The Morgan fingerprint density at radius 3 is 1.96 bits per heavy atom. The van der Waals surface area contributed by atoms with Crippen molar-refractivity contribution in [1.29, 1.82) is 0 Å². The standard InChI is InChI=1S/C19H19ClN2O4/c1-25-15-8-7-14(11-16(15)26-2)22-18(24)19(9-10-19)17(23)21-13-5-3-12(20)4-6-13/h3-8,11H,9-10H2,1-2H3,(H,21,23)(H,22,24). The Labute approximate surface area is 156 Å². The Hall–Kier alpha value is -2.73. The number of nitrogens with one attached hydrogen (secondary N) is 2. The molecular weight excluding hydrogens is 356 g/mol. The first-order chi connectivity index (χ1) is 12.5. The van der Waals surface area contributed by atoms with E-state index in [4.69, 9.17) is 21.1 Å². The number of methoxy groups -OCH3 is 2. The fraction of sp³-hybridized carbons (Fsp3) is 0.263. The van der Waals surface area contributed by atoms with E-state index < -0.39 is 5.41 Å². The first-order valence-electron chi connectivity index (χ1n) is 8.09. The molecule has 0 unspecified atom stereocenters. The van der Waals surface area contributed by atoms with E-state index in [-0.39, 0.29) is 11.8 Å². The van der Waals surface area contributed by atoms with E-state index in [0.29, 0.717) is 40.7 Å². The summed E-state index contributed by atoms with van der Waals surface area (Å²) in [7, 11) is 3.06. The quantitative estimate of drug-likeness (QED) is 0.755. The number of carbonyl (C=O) groups is 2. The summed E-state index contributed by atoms with van der Waals surface area (Å²) >= 11 is 5.84. The fourth-order valence-electron chi connectivity index (χ4n) is 2.63. The Bertz CT molecular complexity index is 832. The molecule has 1 saturated carbocycles. The zero-order valence-electron chi connectivity index (χ0n) is 14.5. The lowest BCUT2D eigenvalue weighted by atomic mass is 10.0. The molecule has 1 fully saturated rings. The zero-order valence-corrected chi connectivity index (χ0v) is 15.2. The van der Waals surface area contributed by atoms with E-state index in [1.165, 1.54) is 14.2 Å². The smallest absolute Gasteiger partial charge is 0.240 e. The van der Waals surface area contributed by atoms with Crippen molar-refractivity contribution in [2.75, 3.05) is 24.9 Å². The van der Waals surface area contributed by atoms with Gasteiger partial charge in [-0.1, -0.05) is 11.6 Å². The van der Waals surface area contributed by atoms with Crippen molar-refractivity contribution in [3.8, 4) is 11.5 Å². The van der Waals surface area contributed by atoms with Gasteiger partial charge in [0, 0.05) is 22.5 Å². The first-order valence-corrected chi connectivity index (χ1v) is 8.47. The van der Waals surface area contributed by atoms with Crippen molar-refractivity contribution in [3.63, 3.8) is 0 Å². The van der Waals surface area contributed by atoms with Gasteiger partial charge in [0.1, 0.15) is 5.41 Å². The van der Waals surface area contributed by atoms with Crippen LogP contribution in [-0.2, 0) is 9.59 Å². The van der Waals surface area contributed by atoms with Gasteiger partial charge in [0.25, 0.3) is 0 Å². The van der Waals surface area contributed by atoms with Crippen LogP contribution in [0.15, 0.2) is 42.5 Å². The van der Waals surface area contributed by atoms with E-state index in [2.05, 4.69) is 10.6 Å². The molecule has 6 nitrogen and oxygen atoms in total. The molecule has 0 saturated heterocycles. The molecule has 2 N–H and O–H groups in total. The molecule has 0 heterocycles. The number of hydrogen-bond acceptors (Lipinski definition) is 4. The lowest BCUT2D eigenvalue weighted by Crippen LogP contribution is -2.35. The zero-order chi connectivity index (χ0) is 18.7. The highest BCUT2D eigenvalue weighted by Gasteiger charge is 2.56. The summed E-state index contributed by atoms with van der Waals surface area (Å²) in [6.45, 7) is 0. The van der Waals surface area contributed by atoms with E-state index in [9.17, 15) is 9.59 Å². The molecule has 1 aliphatic rings. The molecule has 0 spiro atoms.